The molecule has 0 spiro atoms. The first kappa shape index (κ1) is 35.2. The van der Waals surface area contributed by atoms with E-state index in [1.807, 2.05) is 0 Å². The van der Waals surface area contributed by atoms with Crippen LogP contribution in [0.15, 0.2) is 0 Å². The number of carbonyl (C=O) groups excluding carboxylic acids is 1. The molecule has 0 aromatic carbocycles. The molecule has 1 atom stereocenters. The van der Waals surface area contributed by atoms with Crippen LogP contribution < -0.4 is 51.4 Å². The van der Waals surface area contributed by atoms with Crippen LogP contribution in [0.3, 0.4) is 0 Å². The molecule has 32 heavy (non-hydrogen) atoms. The molecule has 0 aliphatic carbocycles. The quantitative estimate of drug-likeness (QED) is 0.0944. The van der Waals surface area contributed by atoms with Crippen molar-refractivity contribution in [2.24, 2.45) is 0 Å². The summed E-state index contributed by atoms with van der Waals surface area (Å²) >= 11 is 0. The van der Waals surface area contributed by atoms with E-state index in [-0.39, 0.29) is 52.8 Å². The van der Waals surface area contributed by atoms with Gasteiger partial charge in [0.1, 0.15) is 11.9 Å². The second-order valence-corrected chi connectivity index (χ2v) is 10.6. The minimum absolute atomic E-state index is 0. The first-order chi connectivity index (χ1) is 14.8. The average Bonchev–Trinajstić information content (AvgIpc) is 2.68. The van der Waals surface area contributed by atoms with Crippen molar-refractivity contribution in [3.05, 3.63) is 0 Å². The van der Waals surface area contributed by atoms with E-state index in [0.29, 0.717) is 6.42 Å². The van der Waals surface area contributed by atoms with Gasteiger partial charge in [0.25, 0.3) is 10.1 Å². The number of esters is 1. The molecule has 7 heteroatoms. The van der Waals surface area contributed by atoms with E-state index in [4.69, 9.17) is 9.29 Å². The number of ether oxygens (including phenoxy) is 1. The fourth-order valence-electron chi connectivity index (χ4n) is 4.10. The summed E-state index contributed by atoms with van der Waals surface area (Å²) in [5.41, 5.74) is 0. The second-order valence-electron chi connectivity index (χ2n) is 9.13. The summed E-state index contributed by atoms with van der Waals surface area (Å²) < 4.78 is 35.9. The molecule has 0 saturated heterocycles. The summed E-state index contributed by atoms with van der Waals surface area (Å²) in [7, 11) is -4.12. The molecule has 5 nitrogen and oxygen atoms in total. The molecule has 0 saturated carbocycles. The molecule has 0 aromatic heterocycles. The predicted molar refractivity (Wildman–Crippen MR) is 131 cm³/mol. The van der Waals surface area contributed by atoms with E-state index in [0.717, 1.165) is 19.3 Å². The monoisotopic (exact) mass is 502 g/mol. The summed E-state index contributed by atoms with van der Waals surface area (Å²) in [6.45, 7) is 3.53. The van der Waals surface area contributed by atoms with Gasteiger partial charge in [-0.15, -0.1) is 0 Å². The molecule has 1 N–H and O–H groups in total. The zero-order valence-corrected chi connectivity index (χ0v) is 25.4. The van der Waals surface area contributed by atoms with Crippen LogP contribution in [0.4, 0.5) is 0 Å². The number of rotatable bonds is 23. The van der Waals surface area contributed by atoms with Crippen molar-refractivity contribution in [3.8, 4) is 0 Å². The maximum absolute atomic E-state index is 11.0. The Hall–Kier alpha value is 1.02. The Balaban J connectivity index is -0.00000450. The Morgan fingerprint density at radius 3 is 1.31 bits per heavy atom. The van der Waals surface area contributed by atoms with Gasteiger partial charge in [-0.1, -0.05) is 122 Å². The average molecular weight is 503 g/mol. The summed E-state index contributed by atoms with van der Waals surface area (Å²) in [5, 5.41) is 0. The number of hydrogen-bond donors (Lipinski definition) is 1. The Kier molecular flexibility index (Phi) is 27.6. The molecule has 0 aromatic rings. The molecule has 0 aliphatic rings. The molecule has 0 amide bonds. The van der Waals surface area contributed by atoms with Gasteiger partial charge in [-0.05, 0) is 12.8 Å². The normalized spacial score (nSPS) is 12.3. The first-order valence-corrected chi connectivity index (χ1v) is 14.6. The molecule has 0 bridgehead atoms. The SMILES string of the molecule is CCCCCCCCCCCCCCCCCCCCCC(CS(=O)(=O)O)OC(C)=O.[H-].[K+]. The molecular weight excluding hydrogens is 451 g/mol. The maximum atomic E-state index is 11.0. The minimum Gasteiger partial charge on any atom is -1.00 e. The summed E-state index contributed by atoms with van der Waals surface area (Å²) in [6.07, 6.45) is 24.6. The molecule has 0 radical (unpaired) electrons. The zero-order valence-electron chi connectivity index (χ0n) is 22.4. The van der Waals surface area contributed by atoms with Gasteiger partial charge in [-0.3, -0.25) is 9.35 Å². The minimum atomic E-state index is -4.12. The van der Waals surface area contributed by atoms with Gasteiger partial charge in [0.15, 0.2) is 0 Å². The zero-order chi connectivity index (χ0) is 23.2. The van der Waals surface area contributed by atoms with Crippen molar-refractivity contribution in [1.82, 2.24) is 0 Å². The van der Waals surface area contributed by atoms with Crippen LogP contribution in [0.25, 0.3) is 0 Å². The van der Waals surface area contributed by atoms with Crippen LogP contribution in [-0.2, 0) is 19.6 Å². The third-order valence-corrected chi connectivity index (χ3v) is 6.65. The van der Waals surface area contributed by atoms with E-state index in [2.05, 4.69) is 6.92 Å². The van der Waals surface area contributed by atoms with Gasteiger partial charge in [-0.2, -0.15) is 8.42 Å². The van der Waals surface area contributed by atoms with Gasteiger partial charge in [0.2, 0.25) is 0 Å². The van der Waals surface area contributed by atoms with Crippen LogP contribution in [0.2, 0.25) is 0 Å². The first-order valence-electron chi connectivity index (χ1n) is 13.0. The molecule has 0 heterocycles. The second kappa shape index (κ2) is 25.1. The fourth-order valence-corrected chi connectivity index (χ4v) is 4.80. The number of unbranched alkanes of at least 4 members (excludes halogenated alkanes) is 18. The topological polar surface area (TPSA) is 80.7 Å². The number of hydrogen-bond acceptors (Lipinski definition) is 4. The standard InChI is InChI=1S/C25H50O5S.K.H/c1-3-4-5-6-7-8-9-10-11-12-13-14-15-16-17-18-19-20-21-22-25(30-24(2)26)23-31(27,28)29;;/h25H,3-23H2,1-2H3,(H,27,28,29);;/q;+1;-1. The third-order valence-electron chi connectivity index (χ3n) is 5.86. The van der Waals surface area contributed by atoms with Crippen molar-refractivity contribution in [1.29, 1.82) is 0 Å². The largest absolute Gasteiger partial charge is 1.00 e. The Labute approximate surface area is 243 Å². The van der Waals surface area contributed by atoms with Crippen LogP contribution >= 0.6 is 0 Å². The van der Waals surface area contributed by atoms with Gasteiger partial charge >= 0.3 is 57.4 Å². The van der Waals surface area contributed by atoms with E-state index >= 15 is 0 Å². The smallest absolute Gasteiger partial charge is 1.00 e. The van der Waals surface area contributed by atoms with Gasteiger partial charge in [-0.25, -0.2) is 0 Å². The van der Waals surface area contributed by atoms with E-state index in [9.17, 15) is 13.2 Å². The van der Waals surface area contributed by atoms with E-state index in [1.54, 1.807) is 0 Å². The van der Waals surface area contributed by atoms with Crippen molar-refractivity contribution in [3.63, 3.8) is 0 Å². The molecular formula is C25H51KO5S. The van der Waals surface area contributed by atoms with Gasteiger partial charge in [0, 0.05) is 6.92 Å². The van der Waals surface area contributed by atoms with E-state index < -0.39 is 27.9 Å². The van der Waals surface area contributed by atoms with Crippen molar-refractivity contribution < 1.29 is 75.3 Å². The Bertz CT molecular complexity index is 517. The van der Waals surface area contributed by atoms with Crippen LogP contribution in [0.5, 0.6) is 0 Å². The van der Waals surface area contributed by atoms with Crippen LogP contribution in [0, 0.1) is 0 Å². The summed E-state index contributed by atoms with van der Waals surface area (Å²) in [4.78, 5) is 11.0. The van der Waals surface area contributed by atoms with E-state index in [1.165, 1.54) is 110 Å². The molecule has 0 rings (SSSR count). The van der Waals surface area contributed by atoms with Gasteiger partial charge < -0.3 is 6.16 Å². The predicted octanol–water partition coefficient (Wildman–Crippen LogP) is 4.74. The van der Waals surface area contributed by atoms with Crippen molar-refractivity contribution in [2.45, 2.75) is 148 Å². The van der Waals surface area contributed by atoms with Crippen molar-refractivity contribution >= 4 is 16.1 Å². The summed E-state index contributed by atoms with van der Waals surface area (Å²) in [6, 6.07) is 0. The van der Waals surface area contributed by atoms with Crippen LogP contribution in [-0.4, -0.2) is 30.8 Å². The molecule has 0 aliphatic heterocycles. The van der Waals surface area contributed by atoms with Gasteiger partial charge in [0.05, 0.1) is 0 Å². The Morgan fingerprint density at radius 2 is 1.03 bits per heavy atom. The maximum Gasteiger partial charge on any atom is 1.00 e. The fraction of sp³-hybridized carbons (Fsp3) is 0.960. The number of carbonyl (C=O) groups is 1. The Morgan fingerprint density at radius 1 is 0.719 bits per heavy atom. The molecule has 1 unspecified atom stereocenters. The molecule has 0 fully saturated rings. The summed E-state index contributed by atoms with van der Waals surface area (Å²) in [5.74, 6) is -1.02. The molecule has 188 valence electrons. The third kappa shape index (κ3) is 29.0. The van der Waals surface area contributed by atoms with Crippen LogP contribution in [0.1, 0.15) is 144 Å². The van der Waals surface area contributed by atoms with Crippen molar-refractivity contribution in [2.75, 3.05) is 5.75 Å².